The van der Waals surface area contributed by atoms with Gasteiger partial charge in [-0.15, -0.1) is 0 Å². The Morgan fingerprint density at radius 2 is 2.00 bits per heavy atom. The fourth-order valence-electron chi connectivity index (χ4n) is 0.975. The smallest absolute Gasteiger partial charge is 0.243 e. The summed E-state index contributed by atoms with van der Waals surface area (Å²) in [6, 6.07) is 0. The number of aromatic nitrogens is 2. The van der Waals surface area contributed by atoms with Crippen LogP contribution in [0.3, 0.4) is 0 Å². The van der Waals surface area contributed by atoms with Gasteiger partial charge in [0.15, 0.2) is 0 Å². The second-order valence-corrected chi connectivity index (χ2v) is 2.67. The van der Waals surface area contributed by atoms with Crippen molar-refractivity contribution in [1.82, 2.24) is 4.57 Å². The van der Waals surface area contributed by atoms with E-state index in [4.69, 9.17) is 0 Å². The molecule has 0 amide bonds. The van der Waals surface area contributed by atoms with Gasteiger partial charge in [-0.25, -0.2) is 9.13 Å². The monoisotopic (exact) mass is 348 g/mol. The SMILES string of the molecule is CCCC[n+]1ccn(C)c1.[Br-].[Mo].[SiH4]. The van der Waals surface area contributed by atoms with Gasteiger partial charge in [-0.1, -0.05) is 13.3 Å². The summed E-state index contributed by atoms with van der Waals surface area (Å²) in [5.74, 6) is 0. The third-order valence-electron chi connectivity index (χ3n) is 1.59. The van der Waals surface area contributed by atoms with Crippen molar-refractivity contribution in [3.63, 3.8) is 0 Å². The summed E-state index contributed by atoms with van der Waals surface area (Å²) in [6.45, 7) is 3.36. The Bertz CT molecular complexity index is 206. The van der Waals surface area contributed by atoms with E-state index in [-0.39, 0.29) is 49.0 Å². The molecule has 0 radical (unpaired) electrons. The summed E-state index contributed by atoms with van der Waals surface area (Å²) < 4.78 is 4.28. The van der Waals surface area contributed by atoms with Crippen LogP contribution in [0.25, 0.3) is 0 Å². The zero-order valence-corrected chi connectivity index (χ0v) is 11.1. The molecule has 1 aromatic rings. The van der Waals surface area contributed by atoms with Crippen LogP contribution in [0.1, 0.15) is 19.8 Å². The van der Waals surface area contributed by atoms with E-state index < -0.39 is 0 Å². The number of unbranched alkanes of at least 4 members (excludes halogenated alkanes) is 1. The Labute approximate surface area is 110 Å². The molecule has 0 saturated heterocycles. The summed E-state index contributed by atoms with van der Waals surface area (Å²) in [7, 11) is 2.04. The fraction of sp³-hybridized carbons (Fsp3) is 0.625. The Kier molecular flexibility index (Phi) is 15.8. The predicted octanol–water partition coefficient (Wildman–Crippen LogP) is -3.34. The van der Waals surface area contributed by atoms with Gasteiger partial charge in [0.25, 0.3) is 0 Å². The molecule has 0 bridgehead atoms. The Hall–Kier alpha value is 0.595. The molecule has 0 aliphatic carbocycles. The zero-order valence-electron chi connectivity index (χ0n) is 7.53. The van der Waals surface area contributed by atoms with Gasteiger partial charge in [0, 0.05) is 21.1 Å². The van der Waals surface area contributed by atoms with Crippen LogP contribution in [0, 0.1) is 0 Å². The molecule has 1 heterocycles. The molecule has 1 rings (SSSR count). The number of aryl methyl sites for hydroxylation is 2. The van der Waals surface area contributed by atoms with Crippen LogP contribution in [0.4, 0.5) is 0 Å². The van der Waals surface area contributed by atoms with Crippen molar-refractivity contribution in [3.05, 3.63) is 18.7 Å². The van der Waals surface area contributed by atoms with Crippen molar-refractivity contribution >= 4 is 11.0 Å². The van der Waals surface area contributed by atoms with Crippen LogP contribution < -0.4 is 21.5 Å². The number of nitrogens with zero attached hydrogens (tertiary/aromatic N) is 2. The second kappa shape index (κ2) is 10.7. The average molecular weight is 347 g/mol. The molecular formula is C8H19BrMoN2Si. The number of hydrogen-bond acceptors (Lipinski definition) is 0. The Morgan fingerprint density at radius 1 is 1.38 bits per heavy atom. The van der Waals surface area contributed by atoms with E-state index in [1.165, 1.54) is 12.8 Å². The van der Waals surface area contributed by atoms with E-state index in [1.54, 1.807) is 0 Å². The molecule has 1 aromatic heterocycles. The van der Waals surface area contributed by atoms with Gasteiger partial charge in [0.05, 0.1) is 13.6 Å². The maximum absolute atomic E-state index is 2.21. The second-order valence-electron chi connectivity index (χ2n) is 2.67. The van der Waals surface area contributed by atoms with Gasteiger partial charge in [-0.3, -0.25) is 0 Å². The van der Waals surface area contributed by atoms with Crippen molar-refractivity contribution < 1.29 is 42.6 Å². The molecule has 0 spiro atoms. The molecule has 2 nitrogen and oxygen atoms in total. The molecule has 0 aromatic carbocycles. The summed E-state index contributed by atoms with van der Waals surface area (Å²) in [4.78, 5) is 0. The minimum absolute atomic E-state index is 0. The van der Waals surface area contributed by atoms with Crippen molar-refractivity contribution in [2.75, 3.05) is 0 Å². The van der Waals surface area contributed by atoms with E-state index in [9.17, 15) is 0 Å². The molecule has 0 atom stereocenters. The maximum atomic E-state index is 2.21. The van der Waals surface area contributed by atoms with Gasteiger partial charge >= 0.3 is 0 Å². The minimum atomic E-state index is 0. The van der Waals surface area contributed by atoms with Crippen LogP contribution >= 0.6 is 0 Å². The summed E-state index contributed by atoms with van der Waals surface area (Å²) in [5.41, 5.74) is 0. The third kappa shape index (κ3) is 7.65. The van der Waals surface area contributed by atoms with Crippen LogP contribution in [-0.2, 0) is 34.7 Å². The van der Waals surface area contributed by atoms with Gasteiger partial charge in [0.2, 0.25) is 6.33 Å². The van der Waals surface area contributed by atoms with Crippen molar-refractivity contribution in [1.29, 1.82) is 0 Å². The van der Waals surface area contributed by atoms with E-state index in [0.29, 0.717) is 0 Å². The van der Waals surface area contributed by atoms with Crippen molar-refractivity contribution in [2.24, 2.45) is 7.05 Å². The van der Waals surface area contributed by atoms with E-state index in [2.05, 4.69) is 34.8 Å². The van der Waals surface area contributed by atoms with E-state index in [1.807, 2.05) is 7.05 Å². The normalized spacial score (nSPS) is 7.85. The van der Waals surface area contributed by atoms with E-state index >= 15 is 0 Å². The Morgan fingerprint density at radius 3 is 2.38 bits per heavy atom. The zero-order chi connectivity index (χ0) is 7.40. The summed E-state index contributed by atoms with van der Waals surface area (Å²) in [6.07, 6.45) is 8.82. The minimum Gasteiger partial charge on any atom is -1.00 e. The van der Waals surface area contributed by atoms with Crippen LogP contribution in [0.5, 0.6) is 0 Å². The predicted molar refractivity (Wildman–Crippen MR) is 51.9 cm³/mol. The number of hydrogen-bond donors (Lipinski definition) is 0. The molecule has 0 fully saturated rings. The molecule has 0 N–H and O–H groups in total. The third-order valence-corrected chi connectivity index (χ3v) is 1.59. The standard InChI is InChI=1S/C8H15N2.BrH.Mo.H4Si/c1-3-4-5-10-7-6-9(2)8-10;;;/h6-8H,3-5H2,1-2H3;1H;;1H4/q+1;;;/p-1. The van der Waals surface area contributed by atoms with Crippen LogP contribution in [0.15, 0.2) is 18.7 Å². The fourth-order valence-corrected chi connectivity index (χ4v) is 0.975. The van der Waals surface area contributed by atoms with Crippen LogP contribution in [0.2, 0.25) is 0 Å². The first-order valence-electron chi connectivity index (χ1n) is 3.84. The topological polar surface area (TPSA) is 8.81 Å². The number of rotatable bonds is 3. The molecule has 0 aliphatic heterocycles. The van der Waals surface area contributed by atoms with Gasteiger partial charge in [-0.2, -0.15) is 0 Å². The van der Waals surface area contributed by atoms with Gasteiger partial charge in [0.1, 0.15) is 12.4 Å². The van der Waals surface area contributed by atoms with E-state index in [0.717, 1.165) is 6.54 Å². The molecule has 13 heavy (non-hydrogen) atoms. The first-order chi connectivity index (χ1) is 4.83. The van der Waals surface area contributed by atoms with Gasteiger partial charge in [-0.05, 0) is 17.4 Å². The quantitative estimate of drug-likeness (QED) is 0.400. The van der Waals surface area contributed by atoms with Crippen molar-refractivity contribution in [2.45, 2.75) is 26.3 Å². The molecule has 78 valence electrons. The van der Waals surface area contributed by atoms with Crippen molar-refractivity contribution in [3.8, 4) is 0 Å². The first-order valence-corrected chi connectivity index (χ1v) is 3.84. The summed E-state index contributed by atoms with van der Waals surface area (Å²) >= 11 is 0. The molecule has 0 saturated carbocycles. The number of halogens is 1. The molecular weight excluding hydrogens is 328 g/mol. The Balaban J connectivity index is -0.000000333. The average Bonchev–Trinajstić information content (AvgIpc) is 2.31. The van der Waals surface area contributed by atoms with Gasteiger partial charge < -0.3 is 17.0 Å². The molecule has 0 unspecified atom stereocenters. The largest absolute Gasteiger partial charge is 1.00 e. The number of imidazole rings is 1. The molecule has 0 aliphatic rings. The molecule has 5 heteroatoms. The first kappa shape index (κ1) is 19.2. The van der Waals surface area contributed by atoms with Crippen LogP contribution in [-0.4, -0.2) is 15.5 Å². The summed E-state index contributed by atoms with van der Waals surface area (Å²) in [5, 5.41) is 0. The maximum Gasteiger partial charge on any atom is 0.243 e.